The summed E-state index contributed by atoms with van der Waals surface area (Å²) in [5, 5.41) is 0. The van der Waals surface area contributed by atoms with Crippen molar-refractivity contribution in [2.75, 3.05) is 0 Å². The Balaban J connectivity index is 2.82. The summed E-state index contributed by atoms with van der Waals surface area (Å²) < 4.78 is 63.1. The summed E-state index contributed by atoms with van der Waals surface area (Å²) in [5.41, 5.74) is 2.45. The van der Waals surface area contributed by atoms with E-state index in [4.69, 9.17) is 4.43 Å². The maximum Gasteiger partial charge on any atom is 0.254 e. The van der Waals surface area contributed by atoms with Crippen molar-refractivity contribution >= 4 is 16.4 Å². The summed E-state index contributed by atoms with van der Waals surface area (Å²) in [6, 6.07) is 4.35. The van der Waals surface area contributed by atoms with Crippen molar-refractivity contribution in [3.8, 4) is 5.75 Å². The van der Waals surface area contributed by atoms with Gasteiger partial charge in [-0.3, -0.25) is 0 Å². The van der Waals surface area contributed by atoms with Gasteiger partial charge in [-0.15, -0.1) is 0 Å². The fourth-order valence-electron chi connectivity index (χ4n) is 7.00. The van der Waals surface area contributed by atoms with Crippen LogP contribution in [0.15, 0.2) is 0 Å². The maximum atomic E-state index is 14.6. The van der Waals surface area contributed by atoms with Gasteiger partial charge < -0.3 is 4.43 Å². The number of unbranched alkanes of at least 4 members (excludes halogenated alkanes) is 8. The van der Waals surface area contributed by atoms with Crippen molar-refractivity contribution in [2.24, 2.45) is 0 Å². The van der Waals surface area contributed by atoms with Crippen LogP contribution in [-0.4, -0.2) is 16.4 Å². The fourth-order valence-corrected chi connectivity index (χ4v) is 17.7. The van der Waals surface area contributed by atoms with Crippen LogP contribution in [0.2, 0.25) is 40.3 Å². The van der Waals surface area contributed by atoms with Gasteiger partial charge in [-0.1, -0.05) is 149 Å². The molecule has 0 aliphatic carbocycles. The van der Waals surface area contributed by atoms with E-state index in [9.17, 15) is 17.6 Å². The van der Waals surface area contributed by atoms with E-state index in [-0.39, 0.29) is 5.54 Å². The molecule has 227 valence electrons. The molecule has 1 unspecified atom stereocenters. The van der Waals surface area contributed by atoms with Crippen LogP contribution in [0, 0.1) is 29.3 Å². The minimum Gasteiger partial charge on any atom is -0.539 e. The van der Waals surface area contributed by atoms with Gasteiger partial charge in [0.1, 0.15) is 0 Å². The smallest absolute Gasteiger partial charge is 0.254 e. The zero-order chi connectivity index (χ0) is 29.8. The van der Waals surface area contributed by atoms with Gasteiger partial charge in [0, 0.05) is 0 Å². The third-order valence-corrected chi connectivity index (χ3v) is 22.3. The molecule has 0 heterocycles. The van der Waals surface area contributed by atoms with Crippen molar-refractivity contribution in [1.82, 2.24) is 0 Å². The highest BCUT2D eigenvalue weighted by Gasteiger charge is 2.42. The highest BCUT2D eigenvalue weighted by molar-refractivity contribution is 6.83. The predicted octanol–water partition coefficient (Wildman–Crippen LogP) is 12.4. The molecule has 0 aliphatic heterocycles. The van der Waals surface area contributed by atoms with Crippen LogP contribution in [-0.2, 0) is 0 Å². The van der Waals surface area contributed by atoms with E-state index in [0.29, 0.717) is 0 Å². The lowest BCUT2D eigenvalue weighted by molar-refractivity contribution is 0.378. The quantitative estimate of drug-likeness (QED) is 0.0636. The third-order valence-electron chi connectivity index (χ3n) is 9.50. The molecule has 1 radical (unpaired) electrons. The minimum absolute atomic E-state index is 0.0643. The average Bonchev–Trinajstić information content (AvgIpc) is 2.85. The second kappa shape index (κ2) is 17.2. The summed E-state index contributed by atoms with van der Waals surface area (Å²) in [7, 11) is -4.07. The number of halogens is 4. The van der Waals surface area contributed by atoms with E-state index in [1.165, 1.54) is 31.4 Å². The summed E-state index contributed by atoms with van der Waals surface area (Å²) in [4.78, 5) is 0. The van der Waals surface area contributed by atoms with Gasteiger partial charge in [0.25, 0.3) is 8.32 Å². The van der Waals surface area contributed by atoms with Crippen LogP contribution >= 0.6 is 0 Å². The van der Waals surface area contributed by atoms with E-state index in [1.807, 2.05) is 13.8 Å². The van der Waals surface area contributed by atoms with Crippen LogP contribution in [0.25, 0.3) is 0 Å². The SMILES string of the molecule is CCCCCC[Si](CCCCCCCC[Si](C(C)C)(C(C)C)C(C)C)(Oc1c(F)c(F)[c]c(F)c1F)C(C)C. The molecule has 1 rings (SSSR count). The van der Waals surface area contributed by atoms with Crippen LogP contribution < -0.4 is 4.43 Å². The molecule has 1 aromatic rings. The van der Waals surface area contributed by atoms with Crippen LogP contribution in [0.4, 0.5) is 17.6 Å². The van der Waals surface area contributed by atoms with Crippen LogP contribution in [0.3, 0.4) is 0 Å². The van der Waals surface area contributed by atoms with Crippen LogP contribution in [0.5, 0.6) is 5.75 Å². The number of hydrogen-bond acceptors (Lipinski definition) is 1. The summed E-state index contributed by atoms with van der Waals surface area (Å²) in [6.07, 6.45) is 10.9. The molecule has 39 heavy (non-hydrogen) atoms. The molecule has 0 saturated carbocycles. The van der Waals surface area contributed by atoms with Gasteiger partial charge in [0.15, 0.2) is 17.4 Å². The van der Waals surface area contributed by atoms with Gasteiger partial charge >= 0.3 is 0 Å². The van der Waals surface area contributed by atoms with Crippen molar-refractivity contribution in [1.29, 1.82) is 0 Å². The monoisotopic (exact) mass is 589 g/mol. The minimum atomic E-state index is -2.73. The van der Waals surface area contributed by atoms with Crippen molar-refractivity contribution in [3.63, 3.8) is 0 Å². The number of benzene rings is 1. The summed E-state index contributed by atoms with van der Waals surface area (Å²) in [6.45, 7) is 20.7. The molecule has 0 bridgehead atoms. The highest BCUT2D eigenvalue weighted by Crippen LogP contribution is 2.45. The van der Waals surface area contributed by atoms with E-state index in [0.717, 1.165) is 73.7 Å². The zero-order valence-electron chi connectivity index (χ0n) is 26.4. The van der Waals surface area contributed by atoms with E-state index in [1.54, 1.807) is 0 Å². The first-order valence-corrected chi connectivity index (χ1v) is 20.5. The molecule has 0 fully saturated rings. The Morgan fingerprint density at radius 3 is 1.33 bits per heavy atom. The lowest BCUT2D eigenvalue weighted by Gasteiger charge is -2.43. The van der Waals surface area contributed by atoms with Crippen molar-refractivity contribution in [2.45, 2.75) is 167 Å². The van der Waals surface area contributed by atoms with Crippen molar-refractivity contribution < 1.29 is 22.0 Å². The summed E-state index contributed by atoms with van der Waals surface area (Å²) >= 11 is 0. The standard InChI is InChI=1S/C32H57F4OSi2/c1-10-11-12-17-20-38(24(2)3,37-32-30(35)28(33)23-29(34)31(32)36)21-18-15-13-14-16-19-22-39(25(4)5,26(6)7)27(8)9/h24-27H,10-22H2,1-9H3. The molecule has 1 atom stereocenters. The van der Waals surface area contributed by atoms with Crippen molar-refractivity contribution in [3.05, 3.63) is 29.3 Å². The lowest BCUT2D eigenvalue weighted by atomic mass is 10.1. The largest absolute Gasteiger partial charge is 0.539 e. The third kappa shape index (κ3) is 9.90. The second-order valence-corrected chi connectivity index (χ2v) is 23.7. The Hall–Kier alpha value is -0.826. The highest BCUT2D eigenvalue weighted by atomic mass is 28.4. The lowest BCUT2D eigenvalue weighted by Crippen LogP contribution is -2.45. The Labute approximate surface area is 240 Å². The fraction of sp³-hybridized carbons (Fsp3) is 0.812. The average molecular weight is 590 g/mol. The van der Waals surface area contributed by atoms with Gasteiger partial charge in [-0.05, 0) is 17.6 Å². The Morgan fingerprint density at radius 1 is 0.564 bits per heavy atom. The molecule has 0 aromatic heterocycles. The molecule has 1 aromatic carbocycles. The van der Waals surface area contributed by atoms with Gasteiger partial charge in [0.2, 0.25) is 11.6 Å². The molecule has 0 N–H and O–H groups in total. The first-order chi connectivity index (χ1) is 18.3. The molecule has 1 nitrogen and oxygen atoms in total. The Bertz CT molecular complexity index is 796. The van der Waals surface area contributed by atoms with E-state index < -0.39 is 45.4 Å². The first-order valence-electron chi connectivity index (χ1n) is 15.7. The summed E-state index contributed by atoms with van der Waals surface area (Å²) in [5.74, 6) is -6.87. The maximum absolute atomic E-state index is 14.6. The van der Waals surface area contributed by atoms with E-state index >= 15 is 0 Å². The molecular weight excluding hydrogens is 533 g/mol. The number of rotatable bonds is 20. The normalized spacial score (nSPS) is 14.2. The molecule has 0 spiro atoms. The van der Waals surface area contributed by atoms with E-state index in [2.05, 4.69) is 48.5 Å². The molecule has 0 amide bonds. The molecule has 0 aliphatic rings. The zero-order valence-corrected chi connectivity index (χ0v) is 28.4. The van der Waals surface area contributed by atoms with Gasteiger partial charge in [0.05, 0.1) is 14.1 Å². The molecular formula is C32H57F4OSi2. The number of hydrogen-bond donors (Lipinski definition) is 0. The van der Waals surface area contributed by atoms with Crippen LogP contribution in [0.1, 0.15) is 127 Å². The Morgan fingerprint density at radius 2 is 0.949 bits per heavy atom. The van der Waals surface area contributed by atoms with Gasteiger partial charge in [-0.2, -0.15) is 8.78 Å². The Kier molecular flexibility index (Phi) is 16.0. The predicted molar refractivity (Wildman–Crippen MR) is 164 cm³/mol. The second-order valence-electron chi connectivity index (χ2n) is 13.0. The topological polar surface area (TPSA) is 9.23 Å². The first kappa shape index (κ1) is 36.2. The molecule has 7 heteroatoms. The molecule has 0 saturated heterocycles. The van der Waals surface area contributed by atoms with Gasteiger partial charge in [-0.25, -0.2) is 8.78 Å².